The average Bonchev–Trinajstić information content (AvgIpc) is 2.61. The maximum absolute atomic E-state index is 12.8. The molecule has 0 aromatic carbocycles. The highest BCUT2D eigenvalue weighted by Gasteiger charge is 2.27. The lowest BCUT2D eigenvalue weighted by atomic mass is 10.1. The SMILES string of the molecule is O=S(=O)(CCCC1CC(F)CN1)CCCC(F)(F)F. The van der Waals surface area contributed by atoms with Crippen LogP contribution in [0.4, 0.5) is 17.6 Å². The van der Waals surface area contributed by atoms with E-state index >= 15 is 0 Å². The molecule has 19 heavy (non-hydrogen) atoms. The van der Waals surface area contributed by atoms with Gasteiger partial charge < -0.3 is 5.32 Å². The normalized spacial score (nSPS) is 24.8. The summed E-state index contributed by atoms with van der Waals surface area (Å²) in [5.41, 5.74) is 0. The average molecular weight is 305 g/mol. The minimum atomic E-state index is -4.31. The second kappa shape index (κ2) is 6.88. The van der Waals surface area contributed by atoms with E-state index in [4.69, 9.17) is 0 Å². The van der Waals surface area contributed by atoms with Crippen LogP contribution in [0.3, 0.4) is 0 Å². The number of hydrogen-bond donors (Lipinski definition) is 1. The van der Waals surface area contributed by atoms with Gasteiger partial charge in [0.05, 0.1) is 11.5 Å². The molecule has 1 N–H and O–H groups in total. The van der Waals surface area contributed by atoms with E-state index in [1.807, 2.05) is 0 Å². The van der Waals surface area contributed by atoms with Gasteiger partial charge in [0.2, 0.25) is 0 Å². The predicted molar refractivity (Wildman–Crippen MR) is 64.5 cm³/mol. The molecule has 1 aliphatic rings. The van der Waals surface area contributed by atoms with Gasteiger partial charge in [0.15, 0.2) is 0 Å². The van der Waals surface area contributed by atoms with Gasteiger partial charge in [-0.25, -0.2) is 12.8 Å². The molecular weight excluding hydrogens is 286 g/mol. The van der Waals surface area contributed by atoms with Crippen LogP contribution in [-0.2, 0) is 9.84 Å². The number of alkyl halides is 4. The standard InChI is InChI=1S/C11H19F4NO2S/c12-9-7-10(16-8-9)3-1-5-19(17,18)6-2-4-11(13,14)15/h9-10,16H,1-8H2. The predicted octanol–water partition coefficient (Wildman–Crippen LogP) is 2.22. The molecule has 1 heterocycles. The van der Waals surface area contributed by atoms with E-state index in [2.05, 4.69) is 5.32 Å². The molecule has 0 bridgehead atoms. The number of hydrogen-bond acceptors (Lipinski definition) is 3. The highest BCUT2D eigenvalue weighted by Crippen LogP contribution is 2.22. The van der Waals surface area contributed by atoms with Crippen LogP contribution < -0.4 is 5.32 Å². The largest absolute Gasteiger partial charge is 0.389 e. The zero-order valence-electron chi connectivity index (χ0n) is 10.5. The van der Waals surface area contributed by atoms with Gasteiger partial charge >= 0.3 is 6.18 Å². The van der Waals surface area contributed by atoms with Crippen LogP contribution in [0.5, 0.6) is 0 Å². The van der Waals surface area contributed by atoms with Gasteiger partial charge in [-0.15, -0.1) is 0 Å². The van der Waals surface area contributed by atoms with Crippen LogP contribution >= 0.6 is 0 Å². The van der Waals surface area contributed by atoms with Crippen molar-refractivity contribution in [1.82, 2.24) is 5.32 Å². The van der Waals surface area contributed by atoms with Crippen LogP contribution in [0.15, 0.2) is 0 Å². The molecule has 0 aliphatic carbocycles. The quantitative estimate of drug-likeness (QED) is 0.734. The number of halogens is 4. The Bertz CT molecular complexity index is 369. The van der Waals surface area contributed by atoms with Gasteiger partial charge in [-0.1, -0.05) is 0 Å². The molecule has 0 aromatic heterocycles. The third-order valence-corrected chi connectivity index (χ3v) is 4.91. The van der Waals surface area contributed by atoms with Gasteiger partial charge in [-0.3, -0.25) is 0 Å². The molecule has 114 valence electrons. The topological polar surface area (TPSA) is 46.2 Å². The maximum Gasteiger partial charge on any atom is 0.389 e. The van der Waals surface area contributed by atoms with Crippen molar-refractivity contribution in [2.45, 2.75) is 50.5 Å². The molecule has 1 rings (SSSR count). The van der Waals surface area contributed by atoms with E-state index in [0.29, 0.717) is 25.8 Å². The molecule has 1 saturated heterocycles. The summed E-state index contributed by atoms with van der Waals surface area (Å²) >= 11 is 0. The third kappa shape index (κ3) is 7.71. The fourth-order valence-electron chi connectivity index (χ4n) is 2.13. The summed E-state index contributed by atoms with van der Waals surface area (Å²) in [6.07, 6.45) is -5.36. The lowest BCUT2D eigenvalue weighted by Gasteiger charge is -2.10. The fourth-order valence-corrected chi connectivity index (χ4v) is 3.53. The van der Waals surface area contributed by atoms with Crippen molar-refractivity contribution in [2.24, 2.45) is 0 Å². The first-order valence-corrected chi connectivity index (χ1v) is 8.15. The van der Waals surface area contributed by atoms with Gasteiger partial charge in [-0.05, 0) is 25.7 Å². The fraction of sp³-hybridized carbons (Fsp3) is 1.00. The Morgan fingerprint density at radius 1 is 1.16 bits per heavy atom. The van der Waals surface area contributed by atoms with Crippen molar-refractivity contribution in [3.63, 3.8) is 0 Å². The molecule has 3 nitrogen and oxygen atoms in total. The van der Waals surface area contributed by atoms with E-state index in [1.54, 1.807) is 0 Å². The third-order valence-electron chi connectivity index (χ3n) is 3.09. The Labute approximate surface area is 110 Å². The van der Waals surface area contributed by atoms with Crippen molar-refractivity contribution in [3.05, 3.63) is 0 Å². The first-order chi connectivity index (χ1) is 8.68. The Morgan fingerprint density at radius 2 is 1.79 bits per heavy atom. The highest BCUT2D eigenvalue weighted by atomic mass is 32.2. The Morgan fingerprint density at radius 3 is 2.32 bits per heavy atom. The molecule has 1 aliphatic heterocycles. The minimum Gasteiger partial charge on any atom is -0.311 e. The molecule has 1 fully saturated rings. The van der Waals surface area contributed by atoms with E-state index < -0.39 is 34.4 Å². The van der Waals surface area contributed by atoms with Gasteiger partial charge in [0.1, 0.15) is 16.0 Å². The van der Waals surface area contributed by atoms with Crippen molar-refractivity contribution in [2.75, 3.05) is 18.1 Å². The minimum absolute atomic E-state index is 0.0135. The van der Waals surface area contributed by atoms with Crippen LogP contribution in [0.1, 0.15) is 32.1 Å². The smallest absolute Gasteiger partial charge is 0.311 e. The summed E-state index contributed by atoms with van der Waals surface area (Å²) < 4.78 is 71.5. The van der Waals surface area contributed by atoms with E-state index in [1.165, 1.54) is 0 Å². The molecule has 0 amide bonds. The lowest BCUT2D eigenvalue weighted by molar-refractivity contribution is -0.134. The highest BCUT2D eigenvalue weighted by molar-refractivity contribution is 7.91. The molecule has 0 radical (unpaired) electrons. The van der Waals surface area contributed by atoms with Crippen molar-refractivity contribution in [1.29, 1.82) is 0 Å². The van der Waals surface area contributed by atoms with E-state index in [-0.39, 0.29) is 18.2 Å². The molecule has 8 heteroatoms. The second-order valence-electron chi connectivity index (χ2n) is 4.95. The Kier molecular flexibility index (Phi) is 6.04. The van der Waals surface area contributed by atoms with Gasteiger partial charge in [0.25, 0.3) is 0 Å². The summed E-state index contributed by atoms with van der Waals surface area (Å²) in [7, 11) is -3.43. The number of rotatable bonds is 7. The van der Waals surface area contributed by atoms with Crippen LogP contribution in [0.2, 0.25) is 0 Å². The van der Waals surface area contributed by atoms with Gasteiger partial charge in [0, 0.05) is 19.0 Å². The number of sulfone groups is 1. The van der Waals surface area contributed by atoms with Crippen LogP contribution in [0.25, 0.3) is 0 Å². The van der Waals surface area contributed by atoms with Crippen LogP contribution in [-0.4, -0.2) is 44.9 Å². The molecule has 0 saturated carbocycles. The first-order valence-electron chi connectivity index (χ1n) is 6.32. The molecule has 2 unspecified atom stereocenters. The first kappa shape index (κ1) is 16.7. The lowest BCUT2D eigenvalue weighted by Crippen LogP contribution is -2.22. The molecule has 0 spiro atoms. The molecular formula is C11H19F4NO2S. The van der Waals surface area contributed by atoms with Crippen molar-refractivity contribution >= 4 is 9.84 Å². The van der Waals surface area contributed by atoms with E-state index in [0.717, 1.165) is 0 Å². The zero-order chi connectivity index (χ0) is 14.5. The monoisotopic (exact) mass is 305 g/mol. The zero-order valence-corrected chi connectivity index (χ0v) is 11.4. The Hall–Kier alpha value is -0.370. The summed E-state index contributed by atoms with van der Waals surface area (Å²) in [4.78, 5) is 0. The summed E-state index contributed by atoms with van der Waals surface area (Å²) in [6.45, 7) is 0.295. The van der Waals surface area contributed by atoms with Crippen molar-refractivity contribution in [3.8, 4) is 0 Å². The van der Waals surface area contributed by atoms with Crippen molar-refractivity contribution < 1.29 is 26.0 Å². The van der Waals surface area contributed by atoms with Gasteiger partial charge in [-0.2, -0.15) is 13.2 Å². The summed E-state index contributed by atoms with van der Waals surface area (Å²) in [5, 5.41) is 2.94. The summed E-state index contributed by atoms with van der Waals surface area (Å²) in [6, 6.07) is -0.0135. The second-order valence-corrected chi connectivity index (χ2v) is 7.25. The number of nitrogens with one attached hydrogen (secondary N) is 1. The maximum atomic E-state index is 12.8. The van der Waals surface area contributed by atoms with Crippen LogP contribution in [0, 0.1) is 0 Å². The van der Waals surface area contributed by atoms with E-state index in [9.17, 15) is 26.0 Å². The molecule has 0 aromatic rings. The Balaban J connectivity index is 2.16. The summed E-state index contributed by atoms with van der Waals surface area (Å²) in [5.74, 6) is -0.559. The molecule has 2 atom stereocenters.